The van der Waals surface area contributed by atoms with E-state index in [1.54, 1.807) is 36.5 Å². The van der Waals surface area contributed by atoms with E-state index in [0.717, 1.165) is 22.0 Å². The van der Waals surface area contributed by atoms with Gasteiger partial charge in [-0.2, -0.15) is 0 Å². The van der Waals surface area contributed by atoms with Crippen LogP contribution in [0.4, 0.5) is 0 Å². The van der Waals surface area contributed by atoms with E-state index < -0.39 is 5.97 Å². The highest BCUT2D eigenvalue weighted by Crippen LogP contribution is 2.15. The molecule has 2 aromatic carbocycles. The Kier molecular flexibility index (Phi) is 5.00. The summed E-state index contributed by atoms with van der Waals surface area (Å²) in [4.78, 5) is 27.9. The number of ether oxygens (including phenoxy) is 1. The zero-order valence-electron chi connectivity index (χ0n) is 13.8. The Balaban J connectivity index is 1.71. The summed E-state index contributed by atoms with van der Waals surface area (Å²) in [6.07, 6.45) is 5.04. The fourth-order valence-electron chi connectivity index (χ4n) is 2.51. The summed E-state index contributed by atoms with van der Waals surface area (Å²) in [5.41, 5.74) is 3.26. The molecule has 0 spiro atoms. The van der Waals surface area contributed by atoms with E-state index in [1.807, 2.05) is 30.3 Å². The average Bonchev–Trinajstić information content (AvgIpc) is 2.66. The summed E-state index contributed by atoms with van der Waals surface area (Å²) in [6.45, 7) is 0. The molecule has 4 heteroatoms. The van der Waals surface area contributed by atoms with Gasteiger partial charge in [-0.3, -0.25) is 9.78 Å². The van der Waals surface area contributed by atoms with Gasteiger partial charge in [-0.05, 0) is 29.3 Å². The number of carbonyl (C=O) groups is 2. The van der Waals surface area contributed by atoms with Gasteiger partial charge in [0.2, 0.25) is 0 Å². The van der Waals surface area contributed by atoms with Crippen molar-refractivity contribution in [2.75, 3.05) is 7.11 Å². The first-order valence-corrected chi connectivity index (χ1v) is 7.88. The SMILES string of the molecule is COC(=O)/C=C/c1ccc(C(=O)Cc2cnc3ccccc3c2)cc1. The van der Waals surface area contributed by atoms with Crippen LogP contribution in [0.15, 0.2) is 66.9 Å². The average molecular weight is 331 g/mol. The number of fused-ring (bicyclic) bond motifs is 1. The number of pyridine rings is 1. The minimum atomic E-state index is -0.413. The van der Waals surface area contributed by atoms with Gasteiger partial charge in [-0.15, -0.1) is 0 Å². The molecule has 1 heterocycles. The molecule has 0 saturated heterocycles. The van der Waals surface area contributed by atoms with E-state index in [9.17, 15) is 9.59 Å². The van der Waals surface area contributed by atoms with Gasteiger partial charge >= 0.3 is 5.97 Å². The summed E-state index contributed by atoms with van der Waals surface area (Å²) in [7, 11) is 1.33. The van der Waals surface area contributed by atoms with Crippen molar-refractivity contribution in [3.63, 3.8) is 0 Å². The second-order valence-electron chi connectivity index (χ2n) is 5.61. The molecule has 3 rings (SSSR count). The Morgan fingerprint density at radius 1 is 1.08 bits per heavy atom. The van der Waals surface area contributed by atoms with Crippen molar-refractivity contribution in [2.45, 2.75) is 6.42 Å². The van der Waals surface area contributed by atoms with Crippen molar-refractivity contribution in [1.82, 2.24) is 4.98 Å². The number of ketones is 1. The van der Waals surface area contributed by atoms with E-state index in [4.69, 9.17) is 0 Å². The Hall–Kier alpha value is -3.27. The molecule has 0 bridgehead atoms. The van der Waals surface area contributed by atoms with Crippen LogP contribution in [0.2, 0.25) is 0 Å². The number of benzene rings is 2. The van der Waals surface area contributed by atoms with Crippen LogP contribution in [-0.2, 0) is 16.0 Å². The molecule has 1 aromatic heterocycles. The first-order chi connectivity index (χ1) is 12.2. The molecule has 0 radical (unpaired) electrons. The third kappa shape index (κ3) is 4.18. The summed E-state index contributed by atoms with van der Waals surface area (Å²) in [5, 5.41) is 1.02. The number of rotatable bonds is 5. The molecule has 0 saturated carbocycles. The first kappa shape index (κ1) is 16.6. The Morgan fingerprint density at radius 2 is 1.84 bits per heavy atom. The number of hydrogen-bond acceptors (Lipinski definition) is 4. The topological polar surface area (TPSA) is 56.3 Å². The number of methoxy groups -OCH3 is 1. The zero-order chi connectivity index (χ0) is 17.6. The van der Waals surface area contributed by atoms with Crippen LogP contribution in [0.5, 0.6) is 0 Å². The third-order valence-electron chi connectivity index (χ3n) is 3.86. The minimum absolute atomic E-state index is 0.0283. The summed E-state index contributed by atoms with van der Waals surface area (Å²) in [6, 6.07) is 16.9. The second kappa shape index (κ2) is 7.53. The predicted octanol–water partition coefficient (Wildman–Crippen LogP) is 3.85. The van der Waals surface area contributed by atoms with Crippen molar-refractivity contribution in [3.05, 3.63) is 83.6 Å². The number of Topliss-reactive ketones (excluding diaryl/α,β-unsaturated/α-hetero) is 1. The lowest BCUT2D eigenvalue weighted by Gasteiger charge is -2.04. The van der Waals surface area contributed by atoms with Crippen LogP contribution >= 0.6 is 0 Å². The maximum atomic E-state index is 12.5. The number of hydrogen-bond donors (Lipinski definition) is 0. The second-order valence-corrected chi connectivity index (χ2v) is 5.61. The van der Waals surface area contributed by atoms with Gasteiger partial charge < -0.3 is 4.74 Å². The molecule has 0 fully saturated rings. The zero-order valence-corrected chi connectivity index (χ0v) is 13.8. The summed E-state index contributed by atoms with van der Waals surface area (Å²) >= 11 is 0. The smallest absolute Gasteiger partial charge is 0.330 e. The monoisotopic (exact) mass is 331 g/mol. The van der Waals surface area contributed by atoms with Crippen molar-refractivity contribution in [3.8, 4) is 0 Å². The number of para-hydroxylation sites is 1. The maximum absolute atomic E-state index is 12.5. The van der Waals surface area contributed by atoms with E-state index in [2.05, 4.69) is 9.72 Å². The molecule has 0 unspecified atom stereocenters. The standard InChI is InChI=1S/C21H17NO3/c1-25-21(24)11-8-15-6-9-17(10-7-15)20(23)13-16-12-18-4-2-3-5-19(18)22-14-16/h2-12,14H,13H2,1H3/b11-8+. The van der Waals surface area contributed by atoms with Gasteiger partial charge in [-0.25, -0.2) is 4.79 Å². The van der Waals surface area contributed by atoms with E-state index in [1.165, 1.54) is 13.2 Å². The van der Waals surface area contributed by atoms with Crippen LogP contribution in [0.25, 0.3) is 17.0 Å². The third-order valence-corrected chi connectivity index (χ3v) is 3.86. The fraction of sp³-hybridized carbons (Fsp3) is 0.0952. The lowest BCUT2D eigenvalue weighted by molar-refractivity contribution is -0.134. The van der Waals surface area contributed by atoms with Gasteiger partial charge in [0, 0.05) is 29.6 Å². The van der Waals surface area contributed by atoms with Crippen molar-refractivity contribution >= 4 is 28.7 Å². The van der Waals surface area contributed by atoms with Crippen LogP contribution < -0.4 is 0 Å². The number of aromatic nitrogens is 1. The molecule has 0 aliphatic heterocycles. The molecule has 0 amide bonds. The molecule has 3 aromatic rings. The lowest BCUT2D eigenvalue weighted by atomic mass is 10.0. The van der Waals surface area contributed by atoms with Crippen LogP contribution in [-0.4, -0.2) is 23.8 Å². The Morgan fingerprint density at radius 3 is 2.60 bits per heavy atom. The Labute approximate surface area is 145 Å². The quantitative estimate of drug-likeness (QED) is 0.405. The highest BCUT2D eigenvalue weighted by molar-refractivity contribution is 5.98. The maximum Gasteiger partial charge on any atom is 0.330 e. The molecular weight excluding hydrogens is 314 g/mol. The minimum Gasteiger partial charge on any atom is -0.466 e. The van der Waals surface area contributed by atoms with Crippen molar-refractivity contribution in [2.24, 2.45) is 0 Å². The molecule has 0 aliphatic carbocycles. The van der Waals surface area contributed by atoms with Gasteiger partial charge in [0.05, 0.1) is 12.6 Å². The Bertz CT molecular complexity index is 943. The number of carbonyl (C=O) groups excluding carboxylic acids is 2. The molecule has 0 atom stereocenters. The fourth-order valence-corrected chi connectivity index (χ4v) is 2.51. The summed E-state index contributed by atoms with van der Waals surface area (Å²) < 4.78 is 4.55. The van der Waals surface area contributed by atoms with Crippen molar-refractivity contribution in [1.29, 1.82) is 0 Å². The predicted molar refractivity (Wildman–Crippen MR) is 97.3 cm³/mol. The molecule has 124 valence electrons. The molecule has 0 aliphatic rings. The van der Waals surface area contributed by atoms with Crippen LogP contribution in [0, 0.1) is 0 Å². The van der Waals surface area contributed by atoms with E-state index in [0.29, 0.717) is 12.0 Å². The normalized spacial score (nSPS) is 10.9. The van der Waals surface area contributed by atoms with Crippen LogP contribution in [0.1, 0.15) is 21.5 Å². The highest BCUT2D eigenvalue weighted by atomic mass is 16.5. The molecule has 0 N–H and O–H groups in total. The largest absolute Gasteiger partial charge is 0.466 e. The van der Waals surface area contributed by atoms with Gasteiger partial charge in [-0.1, -0.05) is 42.5 Å². The number of esters is 1. The first-order valence-electron chi connectivity index (χ1n) is 7.88. The van der Waals surface area contributed by atoms with Crippen LogP contribution in [0.3, 0.4) is 0 Å². The lowest BCUT2D eigenvalue weighted by Crippen LogP contribution is -2.04. The van der Waals surface area contributed by atoms with Crippen molar-refractivity contribution < 1.29 is 14.3 Å². The van der Waals surface area contributed by atoms with Gasteiger partial charge in [0.1, 0.15) is 0 Å². The van der Waals surface area contributed by atoms with E-state index >= 15 is 0 Å². The molecular formula is C21H17NO3. The van der Waals surface area contributed by atoms with Gasteiger partial charge in [0.15, 0.2) is 5.78 Å². The highest BCUT2D eigenvalue weighted by Gasteiger charge is 2.08. The summed E-state index contributed by atoms with van der Waals surface area (Å²) in [5.74, 6) is -0.385. The molecule has 25 heavy (non-hydrogen) atoms. The molecule has 4 nitrogen and oxygen atoms in total. The number of nitrogens with zero attached hydrogens (tertiary/aromatic N) is 1. The van der Waals surface area contributed by atoms with Gasteiger partial charge in [0.25, 0.3) is 0 Å². The van der Waals surface area contributed by atoms with E-state index in [-0.39, 0.29) is 5.78 Å².